The Kier molecular flexibility index (Phi) is 7.60. The van der Waals surface area contributed by atoms with Crippen LogP contribution in [-0.4, -0.2) is 41.6 Å². The number of carbonyl (C=O) groups excluding carboxylic acids is 1. The fraction of sp³-hybridized carbons (Fsp3) is 0.409. The van der Waals surface area contributed by atoms with Crippen molar-refractivity contribution in [3.63, 3.8) is 0 Å². The molecule has 4 nitrogen and oxygen atoms in total. The monoisotopic (exact) mass is 383 g/mol. The molecule has 2 aromatic carbocycles. The first-order chi connectivity index (χ1) is 13.2. The summed E-state index contributed by atoms with van der Waals surface area (Å²) in [6.45, 7) is 5.17. The lowest BCUT2D eigenvalue weighted by molar-refractivity contribution is 0.248. The van der Waals surface area contributed by atoms with E-state index >= 15 is 0 Å². The molecular formula is C22H29N3OS. The van der Waals surface area contributed by atoms with Gasteiger partial charge in [-0.25, -0.2) is 4.79 Å². The van der Waals surface area contributed by atoms with Gasteiger partial charge in [0.25, 0.3) is 0 Å². The molecule has 3 rings (SSSR count). The van der Waals surface area contributed by atoms with Crippen molar-refractivity contribution in [2.45, 2.75) is 32.4 Å². The number of nitrogens with zero attached hydrogens (tertiary/aromatic N) is 1. The zero-order valence-corrected chi connectivity index (χ0v) is 16.8. The minimum Gasteiger partial charge on any atom is -0.335 e. The summed E-state index contributed by atoms with van der Waals surface area (Å²) in [5.74, 6) is 2.38. The Bertz CT molecular complexity index is 717. The van der Waals surface area contributed by atoms with E-state index in [1.54, 1.807) is 0 Å². The average molecular weight is 384 g/mol. The van der Waals surface area contributed by atoms with Crippen molar-refractivity contribution in [1.82, 2.24) is 10.2 Å². The van der Waals surface area contributed by atoms with Crippen molar-refractivity contribution >= 4 is 23.5 Å². The number of para-hydroxylation sites is 1. The van der Waals surface area contributed by atoms with E-state index < -0.39 is 0 Å². The molecule has 1 atom stereocenters. The van der Waals surface area contributed by atoms with Crippen LogP contribution in [0.3, 0.4) is 0 Å². The van der Waals surface area contributed by atoms with E-state index in [2.05, 4.69) is 52.8 Å². The minimum absolute atomic E-state index is 0.122. The maximum atomic E-state index is 12.4. The fourth-order valence-corrected chi connectivity index (χ4v) is 4.24. The van der Waals surface area contributed by atoms with Gasteiger partial charge >= 0.3 is 6.03 Å². The van der Waals surface area contributed by atoms with Crippen LogP contribution in [0.2, 0.25) is 0 Å². The zero-order valence-electron chi connectivity index (χ0n) is 16.0. The van der Waals surface area contributed by atoms with Gasteiger partial charge in [-0.2, -0.15) is 11.8 Å². The molecule has 2 aromatic rings. The molecular weight excluding hydrogens is 354 g/mol. The van der Waals surface area contributed by atoms with Crippen molar-refractivity contribution < 1.29 is 4.79 Å². The highest BCUT2D eigenvalue weighted by molar-refractivity contribution is 7.99. The van der Waals surface area contributed by atoms with Crippen LogP contribution in [0, 0.1) is 0 Å². The molecule has 1 unspecified atom stereocenters. The Labute approximate surface area is 166 Å². The van der Waals surface area contributed by atoms with Crippen LogP contribution in [-0.2, 0) is 13.0 Å². The van der Waals surface area contributed by atoms with Crippen molar-refractivity contribution in [3.05, 3.63) is 65.7 Å². The summed E-state index contributed by atoms with van der Waals surface area (Å²) >= 11 is 2.01. The van der Waals surface area contributed by atoms with Crippen LogP contribution in [0.25, 0.3) is 0 Å². The van der Waals surface area contributed by atoms with E-state index in [0.29, 0.717) is 0 Å². The predicted octanol–water partition coefficient (Wildman–Crippen LogP) is 4.38. The highest BCUT2D eigenvalue weighted by atomic mass is 32.2. The Hall–Kier alpha value is -1.98. The Morgan fingerprint density at radius 1 is 1.07 bits per heavy atom. The maximum absolute atomic E-state index is 12.4. The van der Waals surface area contributed by atoms with Gasteiger partial charge in [-0.05, 0) is 37.0 Å². The second-order valence-electron chi connectivity index (χ2n) is 7.07. The van der Waals surface area contributed by atoms with E-state index in [-0.39, 0.29) is 12.1 Å². The van der Waals surface area contributed by atoms with Gasteiger partial charge in [-0.15, -0.1) is 0 Å². The number of hydrogen-bond donors (Lipinski definition) is 2. The van der Waals surface area contributed by atoms with Crippen LogP contribution in [0.1, 0.15) is 24.5 Å². The summed E-state index contributed by atoms with van der Waals surface area (Å²) in [5.41, 5.74) is 3.39. The molecule has 2 N–H and O–H groups in total. The highest BCUT2D eigenvalue weighted by Gasteiger charge is 2.14. The maximum Gasteiger partial charge on any atom is 0.319 e. The number of benzene rings is 2. The first kappa shape index (κ1) is 19.8. The topological polar surface area (TPSA) is 44.4 Å². The van der Waals surface area contributed by atoms with E-state index in [4.69, 9.17) is 0 Å². The molecule has 0 aliphatic carbocycles. The molecule has 1 heterocycles. The Morgan fingerprint density at radius 3 is 2.56 bits per heavy atom. The van der Waals surface area contributed by atoms with Crippen LogP contribution < -0.4 is 10.6 Å². The standard InChI is InChI=1S/C22H29N3OS/c1-18(11-12-19-7-3-2-4-8-19)23-22(26)24-21-10-6-5-9-20(21)17-25-13-15-27-16-14-25/h2-10,18H,11-17H2,1H3,(H2,23,24,26). The lowest BCUT2D eigenvalue weighted by atomic mass is 10.1. The lowest BCUT2D eigenvalue weighted by Gasteiger charge is -2.27. The molecule has 0 spiro atoms. The molecule has 144 valence electrons. The first-order valence-electron chi connectivity index (χ1n) is 9.70. The summed E-state index contributed by atoms with van der Waals surface area (Å²) in [6.07, 6.45) is 1.89. The van der Waals surface area contributed by atoms with Gasteiger partial charge in [0, 0.05) is 42.9 Å². The van der Waals surface area contributed by atoms with E-state index in [1.807, 2.05) is 36.0 Å². The second kappa shape index (κ2) is 10.4. The van der Waals surface area contributed by atoms with Gasteiger partial charge in [0.05, 0.1) is 0 Å². The van der Waals surface area contributed by atoms with Crippen molar-refractivity contribution in [2.24, 2.45) is 0 Å². The molecule has 0 radical (unpaired) electrons. The number of carbonyl (C=O) groups is 1. The number of urea groups is 1. The van der Waals surface area contributed by atoms with Gasteiger partial charge in [0.2, 0.25) is 0 Å². The number of aryl methyl sites for hydroxylation is 1. The van der Waals surface area contributed by atoms with Gasteiger partial charge in [-0.3, -0.25) is 4.90 Å². The molecule has 0 bridgehead atoms. The van der Waals surface area contributed by atoms with E-state index in [0.717, 1.165) is 38.2 Å². The Morgan fingerprint density at radius 2 is 1.78 bits per heavy atom. The average Bonchev–Trinajstić information content (AvgIpc) is 2.69. The third kappa shape index (κ3) is 6.60. The van der Waals surface area contributed by atoms with Gasteiger partial charge in [0.1, 0.15) is 0 Å². The predicted molar refractivity (Wildman–Crippen MR) is 115 cm³/mol. The van der Waals surface area contributed by atoms with E-state index in [9.17, 15) is 4.79 Å². The lowest BCUT2D eigenvalue weighted by Crippen LogP contribution is -2.37. The van der Waals surface area contributed by atoms with Crippen molar-refractivity contribution in [3.8, 4) is 0 Å². The normalized spacial score (nSPS) is 15.9. The third-order valence-electron chi connectivity index (χ3n) is 4.85. The number of amides is 2. The number of nitrogens with one attached hydrogen (secondary N) is 2. The Balaban J connectivity index is 1.49. The van der Waals surface area contributed by atoms with Gasteiger partial charge in [-0.1, -0.05) is 48.5 Å². The smallest absolute Gasteiger partial charge is 0.319 e. The molecule has 1 aliphatic rings. The number of thioether (sulfide) groups is 1. The molecule has 5 heteroatoms. The quantitative estimate of drug-likeness (QED) is 0.746. The zero-order chi connectivity index (χ0) is 18.9. The van der Waals surface area contributed by atoms with Gasteiger partial charge < -0.3 is 10.6 Å². The van der Waals surface area contributed by atoms with Crippen molar-refractivity contribution in [1.29, 1.82) is 0 Å². The summed E-state index contributed by atoms with van der Waals surface area (Å²) in [4.78, 5) is 14.9. The number of hydrogen-bond acceptors (Lipinski definition) is 3. The molecule has 2 amide bonds. The van der Waals surface area contributed by atoms with E-state index in [1.165, 1.54) is 22.6 Å². The van der Waals surface area contributed by atoms with Crippen LogP contribution >= 0.6 is 11.8 Å². The first-order valence-corrected chi connectivity index (χ1v) is 10.9. The third-order valence-corrected chi connectivity index (χ3v) is 5.79. The molecule has 1 saturated heterocycles. The van der Waals surface area contributed by atoms with Crippen LogP contribution in [0.5, 0.6) is 0 Å². The molecule has 1 aliphatic heterocycles. The summed E-state index contributed by atoms with van der Waals surface area (Å²) in [7, 11) is 0. The summed E-state index contributed by atoms with van der Waals surface area (Å²) in [5, 5.41) is 6.11. The summed E-state index contributed by atoms with van der Waals surface area (Å²) in [6, 6.07) is 18.5. The second-order valence-corrected chi connectivity index (χ2v) is 8.29. The fourth-order valence-electron chi connectivity index (χ4n) is 3.26. The van der Waals surface area contributed by atoms with Crippen LogP contribution in [0.4, 0.5) is 10.5 Å². The highest BCUT2D eigenvalue weighted by Crippen LogP contribution is 2.19. The largest absolute Gasteiger partial charge is 0.335 e. The summed E-state index contributed by atoms with van der Waals surface area (Å²) < 4.78 is 0. The molecule has 1 fully saturated rings. The number of rotatable bonds is 7. The number of anilines is 1. The molecule has 0 saturated carbocycles. The molecule has 27 heavy (non-hydrogen) atoms. The minimum atomic E-state index is -0.128. The van der Waals surface area contributed by atoms with Gasteiger partial charge in [0.15, 0.2) is 0 Å². The van der Waals surface area contributed by atoms with Crippen LogP contribution in [0.15, 0.2) is 54.6 Å². The SMILES string of the molecule is CC(CCc1ccccc1)NC(=O)Nc1ccccc1CN1CCSCC1. The van der Waals surface area contributed by atoms with Crippen molar-refractivity contribution in [2.75, 3.05) is 29.9 Å². The molecule has 0 aromatic heterocycles.